The van der Waals surface area contributed by atoms with Crippen LogP contribution in [0.3, 0.4) is 0 Å². The summed E-state index contributed by atoms with van der Waals surface area (Å²) in [7, 11) is 0. The van der Waals surface area contributed by atoms with Crippen molar-refractivity contribution in [2.75, 3.05) is 0 Å². The lowest BCUT2D eigenvalue weighted by Gasteiger charge is -2.11. The maximum atomic E-state index is 10.7. The molecule has 1 aliphatic heterocycles. The van der Waals surface area contributed by atoms with Gasteiger partial charge in [0.05, 0.1) is 0 Å². The minimum atomic E-state index is -0.123. The van der Waals surface area contributed by atoms with Crippen LogP contribution in [0.25, 0.3) is 0 Å². The number of rotatable bonds is 1. The Morgan fingerprint density at radius 2 is 2.40 bits per heavy atom. The van der Waals surface area contributed by atoms with Crippen molar-refractivity contribution in [1.29, 1.82) is 0 Å². The smallest absolute Gasteiger partial charge is 0.267 e. The van der Waals surface area contributed by atoms with Gasteiger partial charge in [-0.1, -0.05) is 13.0 Å². The van der Waals surface area contributed by atoms with Crippen molar-refractivity contribution in [3.63, 3.8) is 0 Å². The van der Waals surface area contributed by atoms with E-state index >= 15 is 0 Å². The number of aliphatic imine (C=N–C) groups is 1. The molecule has 0 radical (unpaired) electrons. The topological polar surface area (TPSA) is 29.4 Å². The van der Waals surface area contributed by atoms with E-state index in [1.54, 1.807) is 6.08 Å². The van der Waals surface area contributed by atoms with Crippen molar-refractivity contribution in [3.8, 4) is 0 Å². The lowest BCUT2D eigenvalue weighted by atomic mass is 9.99. The molecule has 0 bridgehead atoms. The molecule has 0 aliphatic carbocycles. The van der Waals surface area contributed by atoms with Gasteiger partial charge < -0.3 is 0 Å². The van der Waals surface area contributed by atoms with Crippen LogP contribution in [-0.2, 0) is 4.79 Å². The van der Waals surface area contributed by atoms with E-state index in [1.165, 1.54) is 0 Å². The second-order valence-corrected chi connectivity index (χ2v) is 2.47. The Hall–Kier alpha value is -0.920. The quantitative estimate of drug-likeness (QED) is 0.539. The Morgan fingerprint density at radius 3 is 2.90 bits per heavy atom. The van der Waals surface area contributed by atoms with E-state index in [2.05, 4.69) is 11.9 Å². The van der Waals surface area contributed by atoms with Crippen LogP contribution >= 0.6 is 0 Å². The largest absolute Gasteiger partial charge is 0.269 e. The molecule has 1 aliphatic rings. The molecule has 0 saturated carbocycles. The molecule has 1 rings (SSSR count). The number of hydrogen-bond acceptors (Lipinski definition) is 1. The SMILES string of the molecule is CCC1C=CC(=O)N=C1C. The number of nitrogens with zero attached hydrogens (tertiary/aromatic N) is 1. The van der Waals surface area contributed by atoms with Gasteiger partial charge in [-0.2, -0.15) is 0 Å². The molecule has 54 valence electrons. The van der Waals surface area contributed by atoms with E-state index in [1.807, 2.05) is 13.0 Å². The van der Waals surface area contributed by atoms with Gasteiger partial charge >= 0.3 is 0 Å². The van der Waals surface area contributed by atoms with Crippen LogP contribution in [0.15, 0.2) is 17.1 Å². The van der Waals surface area contributed by atoms with E-state index in [-0.39, 0.29) is 5.91 Å². The van der Waals surface area contributed by atoms with Crippen LogP contribution in [0.2, 0.25) is 0 Å². The van der Waals surface area contributed by atoms with Crippen LogP contribution in [0.1, 0.15) is 20.3 Å². The molecule has 0 fully saturated rings. The summed E-state index contributed by atoms with van der Waals surface area (Å²) in [6.07, 6.45) is 4.49. The van der Waals surface area contributed by atoms with Gasteiger partial charge in [0.2, 0.25) is 0 Å². The summed E-state index contributed by atoms with van der Waals surface area (Å²) in [6.45, 7) is 3.99. The Balaban J connectivity index is 2.75. The van der Waals surface area contributed by atoms with Gasteiger partial charge in [-0.25, -0.2) is 4.99 Å². The summed E-state index contributed by atoms with van der Waals surface area (Å²) in [5.74, 6) is 0.264. The lowest BCUT2D eigenvalue weighted by Crippen LogP contribution is -2.13. The van der Waals surface area contributed by atoms with Crippen LogP contribution in [0, 0.1) is 5.92 Å². The highest BCUT2D eigenvalue weighted by Gasteiger charge is 2.11. The molecule has 0 aromatic carbocycles. The molecular weight excluding hydrogens is 126 g/mol. The first-order valence-corrected chi connectivity index (χ1v) is 3.51. The van der Waals surface area contributed by atoms with Crippen LogP contribution < -0.4 is 0 Å². The maximum absolute atomic E-state index is 10.7. The highest BCUT2D eigenvalue weighted by molar-refractivity contribution is 6.03. The Bertz CT molecular complexity index is 203. The summed E-state index contributed by atoms with van der Waals surface area (Å²) >= 11 is 0. The van der Waals surface area contributed by atoms with Crippen molar-refractivity contribution in [2.45, 2.75) is 20.3 Å². The number of hydrogen-bond donors (Lipinski definition) is 0. The summed E-state index contributed by atoms with van der Waals surface area (Å²) < 4.78 is 0. The summed E-state index contributed by atoms with van der Waals surface area (Å²) in [5, 5.41) is 0. The molecular formula is C8H11NO. The molecule has 1 atom stereocenters. The second kappa shape index (κ2) is 2.78. The number of carbonyl (C=O) groups excluding carboxylic acids is 1. The average Bonchev–Trinajstić information content (AvgIpc) is 1.88. The van der Waals surface area contributed by atoms with Gasteiger partial charge in [0.25, 0.3) is 5.91 Å². The monoisotopic (exact) mass is 137 g/mol. The van der Waals surface area contributed by atoms with Crippen LogP contribution in [0.5, 0.6) is 0 Å². The summed E-state index contributed by atoms with van der Waals surface area (Å²) in [6, 6.07) is 0. The molecule has 0 N–H and O–H groups in total. The van der Waals surface area contributed by atoms with Crippen molar-refractivity contribution in [2.24, 2.45) is 10.9 Å². The number of amides is 1. The normalized spacial score (nSPS) is 24.8. The van der Waals surface area contributed by atoms with Crippen molar-refractivity contribution in [1.82, 2.24) is 0 Å². The first-order valence-electron chi connectivity index (χ1n) is 3.51. The number of dihydropyridines is 1. The van der Waals surface area contributed by atoms with Gasteiger partial charge in [0.1, 0.15) is 0 Å². The molecule has 1 heterocycles. The predicted octanol–water partition coefficient (Wildman–Crippen LogP) is 1.57. The highest BCUT2D eigenvalue weighted by Crippen LogP contribution is 2.11. The molecule has 1 amide bonds. The first-order chi connectivity index (χ1) is 4.74. The fraction of sp³-hybridized carbons (Fsp3) is 0.500. The molecule has 0 aromatic heterocycles. The Kier molecular flexibility index (Phi) is 2.00. The van der Waals surface area contributed by atoms with Crippen LogP contribution in [-0.4, -0.2) is 11.6 Å². The maximum Gasteiger partial charge on any atom is 0.269 e. The predicted molar refractivity (Wildman–Crippen MR) is 41.0 cm³/mol. The number of allylic oxidation sites excluding steroid dienone is 1. The zero-order valence-corrected chi connectivity index (χ0v) is 6.29. The molecule has 2 heteroatoms. The van der Waals surface area contributed by atoms with Gasteiger partial charge in [-0.05, 0) is 13.3 Å². The molecule has 0 aromatic rings. The molecule has 1 unspecified atom stereocenters. The van der Waals surface area contributed by atoms with E-state index in [9.17, 15) is 4.79 Å². The molecule has 2 nitrogen and oxygen atoms in total. The second-order valence-electron chi connectivity index (χ2n) is 2.47. The fourth-order valence-electron chi connectivity index (χ4n) is 1.06. The Morgan fingerprint density at radius 1 is 1.70 bits per heavy atom. The van der Waals surface area contributed by atoms with E-state index in [0.717, 1.165) is 12.1 Å². The van der Waals surface area contributed by atoms with Gasteiger partial charge in [0.15, 0.2) is 0 Å². The average molecular weight is 137 g/mol. The van der Waals surface area contributed by atoms with Gasteiger partial charge in [-0.15, -0.1) is 0 Å². The van der Waals surface area contributed by atoms with Crippen LogP contribution in [0.4, 0.5) is 0 Å². The zero-order valence-electron chi connectivity index (χ0n) is 6.29. The van der Waals surface area contributed by atoms with Crippen molar-refractivity contribution < 1.29 is 4.79 Å². The molecule has 0 saturated heterocycles. The third-order valence-corrected chi connectivity index (χ3v) is 1.73. The third kappa shape index (κ3) is 1.32. The first kappa shape index (κ1) is 7.19. The minimum absolute atomic E-state index is 0.123. The van der Waals surface area contributed by atoms with E-state index in [0.29, 0.717) is 5.92 Å². The third-order valence-electron chi connectivity index (χ3n) is 1.73. The molecule has 10 heavy (non-hydrogen) atoms. The fourth-order valence-corrected chi connectivity index (χ4v) is 1.06. The zero-order chi connectivity index (χ0) is 7.56. The number of carbonyl (C=O) groups is 1. The Labute approximate surface area is 60.7 Å². The summed E-state index contributed by atoms with van der Waals surface area (Å²) in [4.78, 5) is 14.5. The highest BCUT2D eigenvalue weighted by atomic mass is 16.1. The lowest BCUT2D eigenvalue weighted by molar-refractivity contribution is -0.113. The van der Waals surface area contributed by atoms with E-state index < -0.39 is 0 Å². The standard InChI is InChI=1S/C8H11NO/c1-3-7-4-5-8(10)9-6(7)2/h4-5,7H,3H2,1-2H3. The minimum Gasteiger partial charge on any atom is -0.267 e. The summed E-state index contributed by atoms with van der Waals surface area (Å²) in [5.41, 5.74) is 0.940. The van der Waals surface area contributed by atoms with E-state index in [4.69, 9.17) is 0 Å². The van der Waals surface area contributed by atoms with Gasteiger partial charge in [0, 0.05) is 17.7 Å². The van der Waals surface area contributed by atoms with Crippen molar-refractivity contribution in [3.05, 3.63) is 12.2 Å². The van der Waals surface area contributed by atoms with Gasteiger partial charge in [-0.3, -0.25) is 4.79 Å². The molecule has 0 spiro atoms. The van der Waals surface area contributed by atoms with Crippen molar-refractivity contribution >= 4 is 11.6 Å².